The molecule has 4 rings (SSSR count). The van der Waals surface area contributed by atoms with Gasteiger partial charge in [-0.05, 0) is 37.4 Å². The molecule has 6 nitrogen and oxygen atoms in total. The Labute approximate surface area is 177 Å². The second kappa shape index (κ2) is 8.67. The van der Waals surface area contributed by atoms with Gasteiger partial charge in [0.15, 0.2) is 0 Å². The van der Waals surface area contributed by atoms with E-state index in [-0.39, 0.29) is 11.9 Å². The lowest BCUT2D eigenvalue weighted by Crippen LogP contribution is -2.37. The van der Waals surface area contributed by atoms with Gasteiger partial charge in [0.1, 0.15) is 11.6 Å². The first kappa shape index (κ1) is 20.1. The molecule has 1 amide bonds. The number of nitrogens with zero attached hydrogens (tertiary/aromatic N) is 4. The Kier molecular flexibility index (Phi) is 6.01. The van der Waals surface area contributed by atoms with Gasteiger partial charge in [-0.15, -0.1) is 0 Å². The quantitative estimate of drug-likeness (QED) is 0.825. The summed E-state index contributed by atoms with van der Waals surface area (Å²) in [5.74, 6) is 1.85. The van der Waals surface area contributed by atoms with Gasteiger partial charge in [-0.3, -0.25) is 9.69 Å². The zero-order valence-corrected chi connectivity index (χ0v) is 17.9. The third kappa shape index (κ3) is 4.23. The normalized spacial score (nSPS) is 19.7. The molecule has 2 aromatic rings. The molecular weight excluding hydrogens is 386 g/mol. The van der Waals surface area contributed by atoms with E-state index in [0.717, 1.165) is 66.0 Å². The average molecular weight is 414 g/mol. The van der Waals surface area contributed by atoms with Gasteiger partial charge in [0.25, 0.3) is 0 Å². The number of hydrogen-bond acceptors (Lipinski definition) is 5. The van der Waals surface area contributed by atoms with E-state index in [4.69, 9.17) is 21.6 Å². The molecular formula is C22H28ClN5O. The fourth-order valence-electron chi connectivity index (χ4n) is 4.39. The molecule has 0 saturated carbocycles. The smallest absolute Gasteiger partial charge is 0.219 e. The van der Waals surface area contributed by atoms with Gasteiger partial charge in [-0.1, -0.05) is 36.2 Å². The molecule has 3 heterocycles. The summed E-state index contributed by atoms with van der Waals surface area (Å²) in [4.78, 5) is 26.1. The molecule has 0 spiro atoms. The van der Waals surface area contributed by atoms with Crippen LogP contribution in [-0.2, 0) is 24.3 Å². The highest BCUT2D eigenvalue weighted by molar-refractivity contribution is 6.31. The van der Waals surface area contributed by atoms with Crippen LogP contribution in [-0.4, -0.2) is 45.8 Å². The Bertz CT molecular complexity index is 903. The van der Waals surface area contributed by atoms with Crippen molar-refractivity contribution in [3.05, 3.63) is 51.9 Å². The SMILES string of the molecule is CNc1nc([C@H]2CCCCN2Cc2ccccc2Cl)nc2c1CCN(C(C)=O)C2. The van der Waals surface area contributed by atoms with E-state index < -0.39 is 0 Å². The minimum atomic E-state index is 0.0971. The van der Waals surface area contributed by atoms with Crippen molar-refractivity contribution in [2.75, 3.05) is 25.5 Å². The molecule has 1 aromatic carbocycles. The van der Waals surface area contributed by atoms with E-state index in [1.165, 1.54) is 12.8 Å². The van der Waals surface area contributed by atoms with Crippen molar-refractivity contribution >= 4 is 23.3 Å². The van der Waals surface area contributed by atoms with Crippen LogP contribution >= 0.6 is 11.6 Å². The van der Waals surface area contributed by atoms with E-state index in [0.29, 0.717) is 6.54 Å². The Morgan fingerprint density at radius 3 is 2.83 bits per heavy atom. The predicted molar refractivity (Wildman–Crippen MR) is 115 cm³/mol. The summed E-state index contributed by atoms with van der Waals surface area (Å²) in [5.41, 5.74) is 3.25. The zero-order valence-electron chi connectivity index (χ0n) is 17.1. The van der Waals surface area contributed by atoms with E-state index in [2.05, 4.69) is 16.3 Å². The Morgan fingerprint density at radius 2 is 2.07 bits per heavy atom. The second-order valence-corrected chi connectivity index (χ2v) is 8.28. The van der Waals surface area contributed by atoms with Crippen LogP contribution in [0.1, 0.15) is 54.9 Å². The fraction of sp³-hybridized carbons (Fsp3) is 0.500. The zero-order chi connectivity index (χ0) is 20.4. The highest BCUT2D eigenvalue weighted by Crippen LogP contribution is 2.34. The van der Waals surface area contributed by atoms with Gasteiger partial charge in [-0.25, -0.2) is 9.97 Å². The molecule has 29 heavy (non-hydrogen) atoms. The largest absolute Gasteiger partial charge is 0.373 e. The van der Waals surface area contributed by atoms with Crippen LogP contribution in [0.4, 0.5) is 5.82 Å². The first-order valence-corrected chi connectivity index (χ1v) is 10.7. The number of nitrogens with one attached hydrogen (secondary N) is 1. The van der Waals surface area contributed by atoms with Crippen molar-refractivity contribution in [3.8, 4) is 0 Å². The maximum absolute atomic E-state index is 11.9. The molecule has 154 valence electrons. The van der Waals surface area contributed by atoms with Crippen LogP contribution in [0, 0.1) is 0 Å². The molecule has 7 heteroatoms. The van der Waals surface area contributed by atoms with E-state index >= 15 is 0 Å². The number of anilines is 1. The molecule has 1 saturated heterocycles. The Balaban J connectivity index is 1.65. The van der Waals surface area contributed by atoms with Crippen LogP contribution < -0.4 is 5.32 Å². The number of aromatic nitrogens is 2. The first-order valence-electron chi connectivity index (χ1n) is 10.4. The van der Waals surface area contributed by atoms with E-state index in [9.17, 15) is 4.79 Å². The number of carbonyl (C=O) groups excluding carboxylic acids is 1. The third-order valence-corrected chi connectivity index (χ3v) is 6.38. The minimum absolute atomic E-state index is 0.0971. The highest BCUT2D eigenvalue weighted by Gasteiger charge is 2.30. The molecule has 0 unspecified atom stereocenters. The summed E-state index contributed by atoms with van der Waals surface area (Å²) >= 11 is 6.42. The number of hydrogen-bond donors (Lipinski definition) is 1. The number of benzene rings is 1. The summed E-state index contributed by atoms with van der Waals surface area (Å²) in [6.45, 7) is 4.70. The number of amides is 1. The minimum Gasteiger partial charge on any atom is -0.373 e. The van der Waals surface area contributed by atoms with Gasteiger partial charge in [-0.2, -0.15) is 0 Å². The number of likely N-dealkylation sites (tertiary alicyclic amines) is 1. The van der Waals surface area contributed by atoms with Gasteiger partial charge in [0.05, 0.1) is 18.3 Å². The summed E-state index contributed by atoms with van der Waals surface area (Å²) in [7, 11) is 1.91. The van der Waals surface area contributed by atoms with Crippen LogP contribution in [0.3, 0.4) is 0 Å². The number of piperidine rings is 1. The first-order chi connectivity index (χ1) is 14.1. The Morgan fingerprint density at radius 1 is 1.24 bits per heavy atom. The van der Waals surface area contributed by atoms with Crippen LogP contribution in [0.15, 0.2) is 24.3 Å². The molecule has 1 N–H and O–H groups in total. The lowest BCUT2D eigenvalue weighted by atomic mass is 9.99. The average Bonchev–Trinajstić information content (AvgIpc) is 2.74. The molecule has 0 aliphatic carbocycles. The number of halogens is 1. The van der Waals surface area contributed by atoms with Crippen molar-refractivity contribution in [3.63, 3.8) is 0 Å². The maximum atomic E-state index is 11.9. The summed E-state index contributed by atoms with van der Waals surface area (Å²) in [6.07, 6.45) is 4.16. The van der Waals surface area contributed by atoms with E-state index in [1.807, 2.05) is 30.1 Å². The standard InChI is InChI=1S/C22H28ClN5O/c1-15(29)27-12-10-17-19(14-27)25-22(26-21(17)24-2)20-9-5-6-11-28(20)13-16-7-3-4-8-18(16)23/h3-4,7-8,20H,5-6,9-14H2,1-2H3,(H,24,25,26)/t20-/m1/s1. The summed E-state index contributed by atoms with van der Waals surface area (Å²) < 4.78 is 0. The molecule has 1 atom stereocenters. The summed E-state index contributed by atoms with van der Waals surface area (Å²) in [6, 6.07) is 8.19. The number of carbonyl (C=O) groups is 1. The molecule has 2 aliphatic rings. The second-order valence-electron chi connectivity index (χ2n) is 7.87. The van der Waals surface area contributed by atoms with Gasteiger partial charge >= 0.3 is 0 Å². The molecule has 1 fully saturated rings. The molecule has 0 bridgehead atoms. The fourth-order valence-corrected chi connectivity index (χ4v) is 4.59. The summed E-state index contributed by atoms with van der Waals surface area (Å²) in [5, 5.41) is 4.06. The molecule has 2 aliphatic heterocycles. The monoisotopic (exact) mass is 413 g/mol. The van der Waals surface area contributed by atoms with Crippen molar-refractivity contribution in [2.24, 2.45) is 0 Å². The maximum Gasteiger partial charge on any atom is 0.219 e. The predicted octanol–water partition coefficient (Wildman–Crippen LogP) is 3.80. The third-order valence-electron chi connectivity index (χ3n) is 6.01. The van der Waals surface area contributed by atoms with Crippen molar-refractivity contribution in [2.45, 2.75) is 51.7 Å². The highest BCUT2D eigenvalue weighted by atomic mass is 35.5. The van der Waals surface area contributed by atoms with Crippen molar-refractivity contribution in [1.82, 2.24) is 19.8 Å². The van der Waals surface area contributed by atoms with Gasteiger partial charge in [0, 0.05) is 37.6 Å². The lowest BCUT2D eigenvalue weighted by Gasteiger charge is -2.36. The molecule has 0 radical (unpaired) electrons. The van der Waals surface area contributed by atoms with Crippen LogP contribution in [0.25, 0.3) is 0 Å². The Hall–Kier alpha value is -2.18. The van der Waals surface area contributed by atoms with Crippen molar-refractivity contribution in [1.29, 1.82) is 0 Å². The number of rotatable bonds is 4. The van der Waals surface area contributed by atoms with Gasteiger partial charge in [0.2, 0.25) is 5.91 Å². The molecule has 1 aromatic heterocycles. The lowest BCUT2D eigenvalue weighted by molar-refractivity contribution is -0.129. The number of fused-ring (bicyclic) bond motifs is 1. The topological polar surface area (TPSA) is 61.4 Å². The van der Waals surface area contributed by atoms with E-state index in [1.54, 1.807) is 6.92 Å². The van der Waals surface area contributed by atoms with Crippen LogP contribution in [0.5, 0.6) is 0 Å². The van der Waals surface area contributed by atoms with Crippen molar-refractivity contribution < 1.29 is 4.79 Å². The van der Waals surface area contributed by atoms with Crippen LogP contribution in [0.2, 0.25) is 5.02 Å². The van der Waals surface area contributed by atoms with Gasteiger partial charge < -0.3 is 10.2 Å².